The zero-order chi connectivity index (χ0) is 20.4. The van der Waals surface area contributed by atoms with Gasteiger partial charge in [-0.3, -0.25) is 4.98 Å². The van der Waals surface area contributed by atoms with E-state index in [1.165, 1.54) is 11.3 Å². The van der Waals surface area contributed by atoms with Gasteiger partial charge in [-0.15, -0.1) is 11.3 Å². The van der Waals surface area contributed by atoms with Gasteiger partial charge < -0.3 is 5.43 Å². The molecule has 0 amide bonds. The minimum atomic E-state index is -4.31. The Hall–Kier alpha value is -2.81. The molecule has 0 radical (unpaired) electrons. The van der Waals surface area contributed by atoms with Gasteiger partial charge in [-0.05, 0) is 49.9 Å². The second-order valence-corrected chi connectivity index (χ2v) is 7.74. The average molecular weight is 417 g/mol. The van der Waals surface area contributed by atoms with E-state index in [-0.39, 0.29) is 0 Å². The van der Waals surface area contributed by atoms with Gasteiger partial charge in [-0.2, -0.15) is 18.3 Å². The molecule has 0 bridgehead atoms. The molecule has 3 aromatic rings. The maximum absolute atomic E-state index is 12.4. The number of thiazole rings is 1. The van der Waals surface area contributed by atoms with Crippen LogP contribution in [0, 0.1) is 6.92 Å². The number of aromatic nitrogens is 3. The molecule has 29 heavy (non-hydrogen) atoms. The third-order valence-electron chi connectivity index (χ3n) is 4.54. The van der Waals surface area contributed by atoms with E-state index in [0.717, 1.165) is 45.2 Å². The third kappa shape index (κ3) is 4.45. The van der Waals surface area contributed by atoms with Gasteiger partial charge in [-0.25, -0.2) is 9.97 Å². The quantitative estimate of drug-likeness (QED) is 0.622. The molecule has 1 aliphatic rings. The Morgan fingerprint density at radius 3 is 2.79 bits per heavy atom. The van der Waals surface area contributed by atoms with E-state index >= 15 is 0 Å². The summed E-state index contributed by atoms with van der Waals surface area (Å²) in [4.78, 5) is 14.5. The molecule has 4 rings (SSSR count). The van der Waals surface area contributed by atoms with Crippen molar-refractivity contribution in [1.82, 2.24) is 20.4 Å². The van der Waals surface area contributed by atoms with Gasteiger partial charge in [0.15, 0.2) is 0 Å². The number of alkyl halides is 3. The second-order valence-electron chi connectivity index (χ2n) is 6.74. The lowest BCUT2D eigenvalue weighted by molar-refractivity contribution is -0.124. The molecule has 9 heteroatoms. The van der Waals surface area contributed by atoms with Crippen LogP contribution in [0.3, 0.4) is 0 Å². The summed E-state index contributed by atoms with van der Waals surface area (Å²) in [6, 6.07) is 7.74. The lowest BCUT2D eigenvalue weighted by atomic mass is 9.94. The first kappa shape index (κ1) is 19.5. The summed E-state index contributed by atoms with van der Waals surface area (Å²) in [5.41, 5.74) is 6.90. The summed E-state index contributed by atoms with van der Waals surface area (Å²) < 4.78 is 37.3. The van der Waals surface area contributed by atoms with Crippen molar-refractivity contribution in [3.05, 3.63) is 53.6 Å². The second kappa shape index (κ2) is 7.90. The predicted molar refractivity (Wildman–Crippen MR) is 107 cm³/mol. The number of rotatable bonds is 4. The largest absolute Gasteiger partial charge is 0.407 e. The van der Waals surface area contributed by atoms with Crippen molar-refractivity contribution in [3.8, 4) is 21.1 Å². The van der Waals surface area contributed by atoms with Crippen LogP contribution in [0.15, 0.2) is 41.8 Å². The Kier molecular flexibility index (Phi) is 5.31. The van der Waals surface area contributed by atoms with E-state index in [1.807, 2.05) is 31.2 Å². The maximum Gasteiger partial charge on any atom is 0.407 e. The summed E-state index contributed by atoms with van der Waals surface area (Å²) in [5.74, 6) is 0. The van der Waals surface area contributed by atoms with Crippen LogP contribution in [-0.2, 0) is 6.42 Å². The molecule has 1 N–H and O–H groups in total. The molecule has 0 saturated heterocycles. The minimum absolute atomic E-state index is 0.562. The number of nitrogens with zero attached hydrogens (tertiary/aromatic N) is 4. The molecule has 0 aromatic carbocycles. The van der Waals surface area contributed by atoms with E-state index in [1.54, 1.807) is 12.4 Å². The van der Waals surface area contributed by atoms with Gasteiger partial charge in [-0.1, -0.05) is 6.07 Å². The molecule has 0 atom stereocenters. The summed E-state index contributed by atoms with van der Waals surface area (Å²) in [7, 11) is 0. The molecule has 150 valence electrons. The third-order valence-corrected chi connectivity index (χ3v) is 5.77. The lowest BCUT2D eigenvalue weighted by Gasteiger charge is -2.18. The highest BCUT2D eigenvalue weighted by atomic mass is 32.1. The van der Waals surface area contributed by atoms with Gasteiger partial charge in [0.25, 0.3) is 0 Å². The average Bonchev–Trinajstić information content (AvgIpc) is 3.09. The summed E-state index contributed by atoms with van der Waals surface area (Å²) in [6.07, 6.45) is 1.44. The zero-order valence-corrected chi connectivity index (χ0v) is 16.4. The highest BCUT2D eigenvalue weighted by molar-refractivity contribution is 7.18. The van der Waals surface area contributed by atoms with Crippen LogP contribution >= 0.6 is 11.3 Å². The number of hydrogen-bond acceptors (Lipinski definition) is 6. The highest BCUT2D eigenvalue weighted by Crippen LogP contribution is 2.35. The van der Waals surface area contributed by atoms with Gasteiger partial charge in [0.2, 0.25) is 0 Å². The molecule has 3 aromatic heterocycles. The fourth-order valence-corrected chi connectivity index (χ4v) is 4.24. The molecule has 0 aliphatic heterocycles. The van der Waals surface area contributed by atoms with Crippen LogP contribution in [0.2, 0.25) is 0 Å². The van der Waals surface area contributed by atoms with Crippen molar-refractivity contribution in [2.24, 2.45) is 5.10 Å². The van der Waals surface area contributed by atoms with Crippen LogP contribution in [0.25, 0.3) is 21.1 Å². The Morgan fingerprint density at radius 1 is 1.17 bits per heavy atom. The smallest absolute Gasteiger partial charge is 0.301 e. The van der Waals surface area contributed by atoms with Crippen LogP contribution in [0.4, 0.5) is 13.2 Å². The molecule has 5 nitrogen and oxygen atoms in total. The number of aryl methyl sites for hydroxylation is 2. The maximum atomic E-state index is 12.4. The molecular weight excluding hydrogens is 399 g/mol. The van der Waals surface area contributed by atoms with Crippen molar-refractivity contribution < 1.29 is 13.2 Å². The van der Waals surface area contributed by atoms with Crippen molar-refractivity contribution in [3.63, 3.8) is 0 Å². The first-order chi connectivity index (χ1) is 13.9. The first-order valence-electron chi connectivity index (χ1n) is 9.15. The van der Waals surface area contributed by atoms with Crippen molar-refractivity contribution in [2.75, 3.05) is 6.54 Å². The van der Waals surface area contributed by atoms with E-state index in [9.17, 15) is 13.2 Å². The van der Waals surface area contributed by atoms with E-state index in [2.05, 4.69) is 20.5 Å². The van der Waals surface area contributed by atoms with E-state index < -0.39 is 12.7 Å². The highest BCUT2D eigenvalue weighted by Gasteiger charge is 2.27. The Morgan fingerprint density at radius 2 is 2.03 bits per heavy atom. The van der Waals surface area contributed by atoms with Crippen molar-refractivity contribution >= 4 is 17.0 Å². The van der Waals surface area contributed by atoms with Crippen molar-refractivity contribution in [2.45, 2.75) is 32.4 Å². The minimum Gasteiger partial charge on any atom is -0.301 e. The van der Waals surface area contributed by atoms with Gasteiger partial charge >= 0.3 is 6.18 Å². The molecule has 0 fully saturated rings. The normalized spacial score (nSPS) is 15.4. The van der Waals surface area contributed by atoms with Crippen LogP contribution in [-0.4, -0.2) is 33.4 Å². The van der Waals surface area contributed by atoms with Gasteiger partial charge in [0.05, 0.1) is 27.7 Å². The van der Waals surface area contributed by atoms with Crippen LogP contribution in [0.5, 0.6) is 0 Å². The standard InChI is InChI=1S/C20H18F3N5S/c1-12-18(29-19(26-12)14-5-3-9-24-10-14)16-8-7-13-4-2-6-15(17(13)27-16)28-25-11-20(21,22)23/h3,5,7-10,25H,2,4,6,11H2,1H3. The monoisotopic (exact) mass is 417 g/mol. The van der Waals surface area contributed by atoms with Gasteiger partial charge in [0.1, 0.15) is 11.6 Å². The molecule has 0 unspecified atom stereocenters. The summed E-state index contributed by atoms with van der Waals surface area (Å²) >= 11 is 1.52. The van der Waals surface area contributed by atoms with E-state index in [0.29, 0.717) is 17.8 Å². The van der Waals surface area contributed by atoms with Crippen LogP contribution in [0.1, 0.15) is 29.8 Å². The number of halogens is 3. The molecule has 0 saturated carbocycles. The predicted octanol–water partition coefficient (Wildman–Crippen LogP) is 4.77. The topological polar surface area (TPSA) is 63.1 Å². The number of pyridine rings is 2. The molecule has 0 spiro atoms. The number of hydrazone groups is 1. The zero-order valence-electron chi connectivity index (χ0n) is 15.6. The summed E-state index contributed by atoms with van der Waals surface area (Å²) in [5, 5.41) is 4.84. The molecule has 3 heterocycles. The fraction of sp³-hybridized carbons (Fsp3) is 0.300. The fourth-order valence-electron chi connectivity index (χ4n) is 3.21. The first-order valence-corrected chi connectivity index (χ1v) is 9.97. The molecule has 1 aliphatic carbocycles. The van der Waals surface area contributed by atoms with E-state index in [4.69, 9.17) is 4.98 Å². The van der Waals surface area contributed by atoms with Crippen LogP contribution < -0.4 is 5.43 Å². The Bertz CT molecular complexity index is 1040. The molecular formula is C20H18F3N5S. The number of fused-ring (bicyclic) bond motifs is 1. The number of hydrogen-bond donors (Lipinski definition) is 1. The number of nitrogens with one attached hydrogen (secondary N) is 1. The van der Waals surface area contributed by atoms with Crippen molar-refractivity contribution in [1.29, 1.82) is 0 Å². The lowest BCUT2D eigenvalue weighted by Crippen LogP contribution is -2.27. The Labute approximate surface area is 169 Å². The summed E-state index contributed by atoms with van der Waals surface area (Å²) in [6.45, 7) is 0.765. The van der Waals surface area contributed by atoms with Gasteiger partial charge in [0, 0.05) is 18.0 Å². The SMILES string of the molecule is Cc1nc(-c2cccnc2)sc1-c1ccc2c(n1)C(=NNCC(F)(F)F)CCC2. The Balaban J connectivity index is 1.67.